The van der Waals surface area contributed by atoms with Crippen molar-refractivity contribution in [3.63, 3.8) is 0 Å². The topological polar surface area (TPSA) is 66.6 Å². The van der Waals surface area contributed by atoms with Crippen molar-refractivity contribution in [2.24, 2.45) is 11.7 Å². The molecule has 1 aliphatic carbocycles. The molecule has 3 N–H and O–H groups in total. The SMILES string of the molecule is NC1CCCC1C(=O)N1CCCC1CO. The van der Waals surface area contributed by atoms with Gasteiger partial charge in [-0.1, -0.05) is 6.42 Å². The second kappa shape index (κ2) is 4.49. The van der Waals surface area contributed by atoms with Crippen LogP contribution in [0.15, 0.2) is 0 Å². The zero-order valence-corrected chi connectivity index (χ0v) is 9.06. The first-order valence-electron chi connectivity index (χ1n) is 5.91. The van der Waals surface area contributed by atoms with E-state index in [4.69, 9.17) is 10.8 Å². The van der Waals surface area contributed by atoms with Crippen LogP contribution in [-0.2, 0) is 4.79 Å². The minimum atomic E-state index is 0.0112. The number of carbonyl (C=O) groups excluding carboxylic acids is 1. The van der Waals surface area contributed by atoms with Gasteiger partial charge in [0.1, 0.15) is 0 Å². The molecule has 1 heterocycles. The van der Waals surface area contributed by atoms with Crippen molar-refractivity contribution in [2.75, 3.05) is 13.2 Å². The summed E-state index contributed by atoms with van der Waals surface area (Å²) in [5, 5.41) is 9.17. The molecule has 0 aromatic heterocycles. The van der Waals surface area contributed by atoms with Crippen molar-refractivity contribution in [1.82, 2.24) is 4.90 Å². The highest BCUT2D eigenvalue weighted by Gasteiger charge is 2.37. The lowest BCUT2D eigenvalue weighted by Gasteiger charge is -2.27. The third-order valence-electron chi connectivity index (χ3n) is 3.76. The molecule has 1 amide bonds. The average molecular weight is 212 g/mol. The molecule has 15 heavy (non-hydrogen) atoms. The molecule has 4 heteroatoms. The molecular formula is C11H20N2O2. The van der Waals surface area contributed by atoms with E-state index in [1.165, 1.54) is 0 Å². The maximum Gasteiger partial charge on any atom is 0.227 e. The van der Waals surface area contributed by atoms with Gasteiger partial charge in [0.25, 0.3) is 0 Å². The second-order valence-corrected chi connectivity index (χ2v) is 4.71. The van der Waals surface area contributed by atoms with Gasteiger partial charge in [-0.2, -0.15) is 0 Å². The Kier molecular flexibility index (Phi) is 3.26. The Morgan fingerprint density at radius 3 is 2.73 bits per heavy atom. The first kappa shape index (κ1) is 10.9. The first-order chi connectivity index (χ1) is 7.24. The standard InChI is InChI=1S/C11H20N2O2/c12-10-5-1-4-9(10)11(15)13-6-2-3-8(13)7-14/h8-10,14H,1-7,12H2. The molecule has 2 aliphatic rings. The van der Waals surface area contributed by atoms with Crippen molar-refractivity contribution in [3.8, 4) is 0 Å². The summed E-state index contributed by atoms with van der Waals surface area (Å²) in [6, 6.07) is 0.0859. The van der Waals surface area contributed by atoms with E-state index in [2.05, 4.69) is 0 Å². The van der Waals surface area contributed by atoms with E-state index in [0.717, 1.165) is 38.6 Å². The normalized spacial score (nSPS) is 36.1. The Balaban J connectivity index is 2.00. The Morgan fingerprint density at radius 1 is 1.33 bits per heavy atom. The first-order valence-corrected chi connectivity index (χ1v) is 5.91. The Labute approximate surface area is 90.4 Å². The smallest absolute Gasteiger partial charge is 0.227 e. The highest BCUT2D eigenvalue weighted by atomic mass is 16.3. The van der Waals surface area contributed by atoms with E-state index in [1.807, 2.05) is 4.90 Å². The van der Waals surface area contributed by atoms with Crippen LogP contribution in [0.25, 0.3) is 0 Å². The van der Waals surface area contributed by atoms with Crippen LogP contribution in [0.3, 0.4) is 0 Å². The van der Waals surface area contributed by atoms with Crippen LogP contribution < -0.4 is 5.73 Å². The fourth-order valence-corrected chi connectivity index (χ4v) is 2.82. The van der Waals surface area contributed by atoms with Gasteiger partial charge in [-0.25, -0.2) is 0 Å². The van der Waals surface area contributed by atoms with Crippen molar-refractivity contribution >= 4 is 5.91 Å². The summed E-state index contributed by atoms with van der Waals surface area (Å²) < 4.78 is 0. The maximum absolute atomic E-state index is 12.2. The lowest BCUT2D eigenvalue weighted by molar-refractivity contribution is -0.137. The Bertz CT molecular complexity index is 245. The van der Waals surface area contributed by atoms with Crippen LogP contribution in [0.1, 0.15) is 32.1 Å². The summed E-state index contributed by atoms with van der Waals surface area (Å²) in [6.45, 7) is 0.890. The van der Waals surface area contributed by atoms with E-state index in [-0.39, 0.29) is 30.5 Å². The summed E-state index contributed by atoms with van der Waals surface area (Å²) in [5.74, 6) is 0.189. The largest absolute Gasteiger partial charge is 0.394 e. The van der Waals surface area contributed by atoms with Crippen LogP contribution in [-0.4, -0.2) is 41.1 Å². The van der Waals surface area contributed by atoms with E-state index < -0.39 is 0 Å². The Hall–Kier alpha value is -0.610. The minimum Gasteiger partial charge on any atom is -0.394 e. The number of likely N-dealkylation sites (tertiary alicyclic amines) is 1. The molecule has 1 saturated carbocycles. The molecule has 3 unspecified atom stereocenters. The molecule has 1 saturated heterocycles. The molecule has 3 atom stereocenters. The van der Waals surface area contributed by atoms with Crippen molar-refractivity contribution < 1.29 is 9.90 Å². The second-order valence-electron chi connectivity index (χ2n) is 4.71. The summed E-state index contributed by atoms with van der Waals surface area (Å²) in [7, 11) is 0. The van der Waals surface area contributed by atoms with Gasteiger partial charge >= 0.3 is 0 Å². The van der Waals surface area contributed by atoms with Gasteiger partial charge < -0.3 is 15.7 Å². The molecule has 2 fully saturated rings. The van der Waals surface area contributed by atoms with Gasteiger partial charge in [-0.05, 0) is 25.7 Å². The number of nitrogens with zero attached hydrogens (tertiary/aromatic N) is 1. The quantitative estimate of drug-likeness (QED) is 0.682. The van der Waals surface area contributed by atoms with Gasteiger partial charge in [0.2, 0.25) is 5.91 Å². The van der Waals surface area contributed by atoms with Crippen molar-refractivity contribution in [1.29, 1.82) is 0 Å². The van der Waals surface area contributed by atoms with Gasteiger partial charge in [0.15, 0.2) is 0 Å². The van der Waals surface area contributed by atoms with Crippen LogP contribution in [0, 0.1) is 5.92 Å². The predicted molar refractivity (Wildman–Crippen MR) is 57.1 cm³/mol. The zero-order valence-electron chi connectivity index (χ0n) is 9.06. The van der Waals surface area contributed by atoms with Gasteiger partial charge in [0.05, 0.1) is 18.6 Å². The lowest BCUT2D eigenvalue weighted by Crippen LogP contribution is -2.45. The monoisotopic (exact) mass is 212 g/mol. The number of hydrogen-bond donors (Lipinski definition) is 2. The lowest BCUT2D eigenvalue weighted by atomic mass is 10.0. The molecule has 4 nitrogen and oxygen atoms in total. The van der Waals surface area contributed by atoms with E-state index >= 15 is 0 Å². The third kappa shape index (κ3) is 2.01. The predicted octanol–water partition coefficient (Wildman–Crippen LogP) is 0.0971. The highest BCUT2D eigenvalue weighted by Crippen LogP contribution is 2.28. The van der Waals surface area contributed by atoms with Crippen LogP contribution >= 0.6 is 0 Å². The molecule has 0 aromatic rings. The zero-order chi connectivity index (χ0) is 10.8. The van der Waals surface area contributed by atoms with Crippen molar-refractivity contribution in [2.45, 2.75) is 44.2 Å². The number of aliphatic hydroxyl groups excluding tert-OH is 1. The Morgan fingerprint density at radius 2 is 2.13 bits per heavy atom. The maximum atomic E-state index is 12.2. The van der Waals surface area contributed by atoms with Gasteiger partial charge in [-0.15, -0.1) is 0 Å². The average Bonchev–Trinajstić information content (AvgIpc) is 2.84. The van der Waals surface area contributed by atoms with Crippen LogP contribution in [0.2, 0.25) is 0 Å². The van der Waals surface area contributed by atoms with Crippen LogP contribution in [0.5, 0.6) is 0 Å². The van der Waals surface area contributed by atoms with E-state index in [1.54, 1.807) is 0 Å². The molecule has 1 aliphatic heterocycles. The molecular weight excluding hydrogens is 192 g/mol. The van der Waals surface area contributed by atoms with Crippen molar-refractivity contribution in [3.05, 3.63) is 0 Å². The van der Waals surface area contributed by atoms with Gasteiger partial charge in [0, 0.05) is 12.6 Å². The van der Waals surface area contributed by atoms with E-state index in [0.29, 0.717) is 0 Å². The number of carbonyl (C=O) groups is 1. The summed E-state index contributed by atoms with van der Waals surface area (Å²) in [4.78, 5) is 14.0. The number of nitrogens with two attached hydrogens (primary N) is 1. The molecule has 0 spiro atoms. The molecule has 86 valence electrons. The summed E-state index contributed by atoms with van der Waals surface area (Å²) >= 11 is 0. The minimum absolute atomic E-state index is 0.0112. The molecule has 0 bridgehead atoms. The summed E-state index contributed by atoms with van der Waals surface area (Å²) in [6.07, 6.45) is 4.90. The number of aliphatic hydroxyl groups is 1. The number of rotatable bonds is 2. The molecule has 0 aromatic carbocycles. The summed E-state index contributed by atoms with van der Waals surface area (Å²) in [5.41, 5.74) is 5.92. The fourth-order valence-electron chi connectivity index (χ4n) is 2.82. The van der Waals surface area contributed by atoms with Gasteiger partial charge in [-0.3, -0.25) is 4.79 Å². The molecule has 0 radical (unpaired) electrons. The number of hydrogen-bond acceptors (Lipinski definition) is 3. The number of amides is 1. The molecule has 2 rings (SSSR count). The van der Waals surface area contributed by atoms with E-state index in [9.17, 15) is 4.79 Å². The highest BCUT2D eigenvalue weighted by molar-refractivity contribution is 5.80. The van der Waals surface area contributed by atoms with Crippen LogP contribution in [0.4, 0.5) is 0 Å². The fraction of sp³-hybridized carbons (Fsp3) is 0.909. The third-order valence-corrected chi connectivity index (χ3v) is 3.76.